The Balaban J connectivity index is 2.35. The number of hydrogen-bond acceptors (Lipinski definition) is 2. The van der Waals surface area contributed by atoms with E-state index in [4.69, 9.17) is 15.9 Å². The van der Waals surface area contributed by atoms with E-state index >= 15 is 0 Å². The summed E-state index contributed by atoms with van der Waals surface area (Å²) in [6, 6.07) is 7.39. The van der Waals surface area contributed by atoms with E-state index in [-0.39, 0.29) is 11.9 Å². The molecule has 0 amide bonds. The lowest BCUT2D eigenvalue weighted by molar-refractivity contribution is 0.206. The van der Waals surface area contributed by atoms with Crippen LogP contribution in [-0.2, 0) is 0 Å². The lowest BCUT2D eigenvalue weighted by Crippen LogP contribution is -2.13. The molecule has 1 atom stereocenters. The summed E-state index contributed by atoms with van der Waals surface area (Å²) in [5.74, 6) is 0.942. The molecule has 100 valence electrons. The van der Waals surface area contributed by atoms with Gasteiger partial charge in [0, 0.05) is 5.56 Å². The molecule has 0 aromatic heterocycles. The Morgan fingerprint density at radius 3 is 2.44 bits per heavy atom. The van der Waals surface area contributed by atoms with E-state index in [1.165, 1.54) is 25.7 Å². The third-order valence-electron chi connectivity index (χ3n) is 2.97. The lowest BCUT2D eigenvalue weighted by Gasteiger charge is -2.14. The fraction of sp³-hybridized carbons (Fsp3) is 0.533. The summed E-state index contributed by atoms with van der Waals surface area (Å²) in [6.45, 7) is 4.32. The zero-order valence-electron chi connectivity index (χ0n) is 11.4. The molecular weight excluding hydrogens is 224 g/mol. The Bertz CT molecular complexity index is 359. The number of unbranched alkanes of at least 4 members (excludes halogenated alkanes) is 3. The van der Waals surface area contributed by atoms with Gasteiger partial charge in [0.1, 0.15) is 11.6 Å². The molecule has 0 aliphatic carbocycles. The van der Waals surface area contributed by atoms with E-state index in [1.807, 2.05) is 24.3 Å². The van der Waals surface area contributed by atoms with Crippen molar-refractivity contribution in [3.8, 4) is 5.75 Å². The highest BCUT2D eigenvalue weighted by Crippen LogP contribution is 2.16. The second-order valence-electron chi connectivity index (χ2n) is 4.72. The lowest BCUT2D eigenvalue weighted by atomic mass is 10.1. The van der Waals surface area contributed by atoms with Crippen LogP contribution in [0.15, 0.2) is 24.3 Å². The first kappa shape index (κ1) is 14.6. The highest BCUT2D eigenvalue weighted by Gasteiger charge is 2.04. The molecule has 0 fully saturated rings. The third kappa shape index (κ3) is 5.21. The van der Waals surface area contributed by atoms with Gasteiger partial charge in [-0.2, -0.15) is 0 Å². The first-order valence-corrected chi connectivity index (χ1v) is 6.74. The minimum Gasteiger partial charge on any atom is -0.491 e. The van der Waals surface area contributed by atoms with Gasteiger partial charge >= 0.3 is 0 Å². The molecular formula is C15H24N2O. The molecule has 1 aromatic carbocycles. The van der Waals surface area contributed by atoms with Crippen molar-refractivity contribution >= 4 is 5.84 Å². The van der Waals surface area contributed by atoms with Gasteiger partial charge < -0.3 is 10.5 Å². The molecule has 0 aliphatic rings. The zero-order chi connectivity index (χ0) is 13.4. The first-order valence-electron chi connectivity index (χ1n) is 6.74. The number of nitrogens with one attached hydrogen (secondary N) is 1. The molecule has 1 rings (SSSR count). The van der Waals surface area contributed by atoms with Gasteiger partial charge in [-0.05, 0) is 44.0 Å². The summed E-state index contributed by atoms with van der Waals surface area (Å²) in [5.41, 5.74) is 6.14. The van der Waals surface area contributed by atoms with Crippen LogP contribution in [0.1, 0.15) is 51.5 Å². The SMILES string of the molecule is CCCCCCC(C)Oc1ccc(C(=N)N)cc1. The summed E-state index contributed by atoms with van der Waals surface area (Å²) in [5, 5.41) is 7.31. The van der Waals surface area contributed by atoms with E-state index in [0.29, 0.717) is 0 Å². The second kappa shape index (κ2) is 7.75. The van der Waals surface area contributed by atoms with E-state index in [9.17, 15) is 0 Å². The molecule has 1 unspecified atom stereocenters. The average molecular weight is 248 g/mol. The van der Waals surface area contributed by atoms with Crippen LogP contribution < -0.4 is 10.5 Å². The maximum Gasteiger partial charge on any atom is 0.122 e. The molecule has 0 heterocycles. The van der Waals surface area contributed by atoms with Crippen LogP contribution in [0.5, 0.6) is 5.75 Å². The van der Waals surface area contributed by atoms with Crippen molar-refractivity contribution in [1.29, 1.82) is 5.41 Å². The van der Waals surface area contributed by atoms with Crippen molar-refractivity contribution < 1.29 is 4.74 Å². The standard InChI is InChI=1S/C15H24N2O/c1-3-4-5-6-7-12(2)18-14-10-8-13(9-11-14)15(16)17/h8-12H,3-7H2,1-2H3,(H3,16,17). The number of rotatable bonds is 8. The van der Waals surface area contributed by atoms with Crippen molar-refractivity contribution in [2.45, 2.75) is 52.1 Å². The number of ether oxygens (including phenoxy) is 1. The molecule has 3 N–H and O–H groups in total. The number of benzene rings is 1. The molecule has 0 spiro atoms. The van der Waals surface area contributed by atoms with Gasteiger partial charge in [-0.1, -0.05) is 26.2 Å². The maximum atomic E-state index is 7.31. The monoisotopic (exact) mass is 248 g/mol. The fourth-order valence-electron chi connectivity index (χ4n) is 1.86. The van der Waals surface area contributed by atoms with Crippen LogP contribution in [0.4, 0.5) is 0 Å². The van der Waals surface area contributed by atoms with Crippen LogP contribution >= 0.6 is 0 Å². The van der Waals surface area contributed by atoms with Gasteiger partial charge in [0.15, 0.2) is 0 Å². The van der Waals surface area contributed by atoms with Crippen molar-refractivity contribution in [3.05, 3.63) is 29.8 Å². The minimum absolute atomic E-state index is 0.0918. The van der Waals surface area contributed by atoms with Gasteiger partial charge in [-0.25, -0.2) is 0 Å². The van der Waals surface area contributed by atoms with Crippen LogP contribution in [-0.4, -0.2) is 11.9 Å². The summed E-state index contributed by atoms with van der Waals surface area (Å²) in [7, 11) is 0. The molecule has 0 bridgehead atoms. The predicted molar refractivity (Wildman–Crippen MR) is 76.3 cm³/mol. The van der Waals surface area contributed by atoms with Crippen LogP contribution in [0, 0.1) is 5.41 Å². The molecule has 18 heavy (non-hydrogen) atoms. The van der Waals surface area contributed by atoms with Gasteiger partial charge in [-0.15, -0.1) is 0 Å². The molecule has 0 saturated heterocycles. The summed E-state index contributed by atoms with van der Waals surface area (Å²) >= 11 is 0. The first-order chi connectivity index (χ1) is 8.63. The van der Waals surface area contributed by atoms with Gasteiger partial charge in [0.2, 0.25) is 0 Å². The van der Waals surface area contributed by atoms with E-state index < -0.39 is 0 Å². The Labute approximate surface area is 110 Å². The second-order valence-corrected chi connectivity index (χ2v) is 4.72. The number of nitrogen functional groups attached to an aromatic ring is 1. The van der Waals surface area contributed by atoms with Crippen molar-refractivity contribution in [2.24, 2.45) is 5.73 Å². The molecule has 0 radical (unpaired) electrons. The molecule has 3 heteroatoms. The third-order valence-corrected chi connectivity index (χ3v) is 2.97. The Kier molecular flexibility index (Phi) is 6.26. The van der Waals surface area contributed by atoms with Gasteiger partial charge in [0.05, 0.1) is 6.10 Å². The maximum absolute atomic E-state index is 7.31. The molecule has 3 nitrogen and oxygen atoms in total. The normalized spacial score (nSPS) is 12.1. The van der Waals surface area contributed by atoms with Crippen LogP contribution in [0.3, 0.4) is 0 Å². The smallest absolute Gasteiger partial charge is 0.122 e. The highest BCUT2D eigenvalue weighted by atomic mass is 16.5. The molecule has 0 saturated carbocycles. The molecule has 1 aromatic rings. The fourth-order valence-corrected chi connectivity index (χ4v) is 1.86. The zero-order valence-corrected chi connectivity index (χ0v) is 11.4. The minimum atomic E-state index is 0.0918. The quantitative estimate of drug-likeness (QED) is 0.418. The number of nitrogens with two attached hydrogens (primary N) is 1. The summed E-state index contributed by atoms with van der Waals surface area (Å²) in [4.78, 5) is 0. The molecule has 0 aliphatic heterocycles. The highest BCUT2D eigenvalue weighted by molar-refractivity contribution is 5.94. The average Bonchev–Trinajstić information content (AvgIpc) is 2.35. The summed E-state index contributed by atoms with van der Waals surface area (Å²) < 4.78 is 5.82. The van der Waals surface area contributed by atoms with Gasteiger partial charge in [-0.3, -0.25) is 5.41 Å². The predicted octanol–water partition coefficient (Wildman–Crippen LogP) is 3.71. The van der Waals surface area contributed by atoms with Crippen molar-refractivity contribution in [1.82, 2.24) is 0 Å². The Hall–Kier alpha value is -1.51. The Morgan fingerprint density at radius 2 is 1.89 bits per heavy atom. The van der Waals surface area contributed by atoms with Crippen LogP contribution in [0.2, 0.25) is 0 Å². The summed E-state index contributed by atoms with van der Waals surface area (Å²) in [6.07, 6.45) is 6.41. The van der Waals surface area contributed by atoms with E-state index in [1.54, 1.807) is 0 Å². The Morgan fingerprint density at radius 1 is 1.22 bits per heavy atom. The number of hydrogen-bond donors (Lipinski definition) is 2. The van der Waals surface area contributed by atoms with Crippen molar-refractivity contribution in [2.75, 3.05) is 0 Å². The van der Waals surface area contributed by atoms with Crippen LogP contribution in [0.25, 0.3) is 0 Å². The largest absolute Gasteiger partial charge is 0.491 e. The number of amidine groups is 1. The van der Waals surface area contributed by atoms with Crippen molar-refractivity contribution in [3.63, 3.8) is 0 Å². The van der Waals surface area contributed by atoms with E-state index in [0.717, 1.165) is 17.7 Å². The van der Waals surface area contributed by atoms with Gasteiger partial charge in [0.25, 0.3) is 0 Å². The topological polar surface area (TPSA) is 59.1 Å². The van der Waals surface area contributed by atoms with E-state index in [2.05, 4.69) is 13.8 Å².